The van der Waals surface area contributed by atoms with Crippen molar-refractivity contribution in [2.45, 2.75) is 33.1 Å². The molecule has 0 spiro atoms. The number of para-hydroxylation sites is 1. The summed E-state index contributed by atoms with van der Waals surface area (Å²) in [5, 5.41) is 18.9. The van der Waals surface area contributed by atoms with E-state index >= 15 is 0 Å². The molecule has 0 fully saturated rings. The Hall–Kier alpha value is -3.42. The first kappa shape index (κ1) is 18.4. The minimum absolute atomic E-state index is 0.120. The van der Waals surface area contributed by atoms with E-state index in [1.807, 2.05) is 26.0 Å². The van der Waals surface area contributed by atoms with Gasteiger partial charge in [-0.15, -0.1) is 0 Å². The number of aliphatic carboxylic acids is 1. The summed E-state index contributed by atoms with van der Waals surface area (Å²) in [6.07, 6.45) is 1.01. The van der Waals surface area contributed by atoms with Gasteiger partial charge < -0.3 is 14.8 Å². The third-order valence-corrected chi connectivity index (χ3v) is 4.06. The van der Waals surface area contributed by atoms with E-state index in [2.05, 4.69) is 20.5 Å². The molecule has 8 nitrogen and oxygen atoms in total. The fourth-order valence-electron chi connectivity index (χ4n) is 2.70. The number of amides is 1. The molecule has 0 aliphatic rings. The van der Waals surface area contributed by atoms with E-state index in [1.165, 1.54) is 6.26 Å². The Labute approximate surface area is 155 Å². The van der Waals surface area contributed by atoms with E-state index in [0.717, 1.165) is 5.82 Å². The molecule has 0 saturated carbocycles. The Morgan fingerprint density at radius 3 is 2.70 bits per heavy atom. The lowest BCUT2D eigenvalue weighted by Gasteiger charge is -2.09. The van der Waals surface area contributed by atoms with Crippen molar-refractivity contribution in [2.75, 3.05) is 5.32 Å². The van der Waals surface area contributed by atoms with Gasteiger partial charge in [0.15, 0.2) is 5.82 Å². The molecule has 2 heterocycles. The molecule has 0 radical (unpaired) electrons. The molecule has 2 aromatic heterocycles. The molecule has 3 N–H and O–H groups in total. The number of nitrogens with zero attached hydrogens (tertiary/aromatic N) is 2. The van der Waals surface area contributed by atoms with Gasteiger partial charge in [-0.05, 0) is 19.1 Å². The first-order valence-corrected chi connectivity index (χ1v) is 8.48. The van der Waals surface area contributed by atoms with E-state index in [1.54, 1.807) is 19.1 Å². The molecule has 27 heavy (non-hydrogen) atoms. The van der Waals surface area contributed by atoms with Gasteiger partial charge in [-0.25, -0.2) is 4.98 Å². The molecule has 0 unspecified atom stereocenters. The van der Waals surface area contributed by atoms with E-state index in [9.17, 15) is 9.59 Å². The van der Waals surface area contributed by atoms with Crippen LogP contribution in [0.1, 0.15) is 47.3 Å². The minimum Gasteiger partial charge on any atom is -0.481 e. The van der Waals surface area contributed by atoms with Crippen molar-refractivity contribution >= 4 is 17.6 Å². The number of hydrogen-bond donors (Lipinski definition) is 3. The van der Waals surface area contributed by atoms with Crippen LogP contribution in [-0.2, 0) is 11.2 Å². The SMILES string of the molecule is Cc1coc(CC(=O)O)c1C(=O)Nc1ccccc1-c1n[nH]c(C(C)C)n1. The molecule has 8 heteroatoms. The Kier molecular flexibility index (Phi) is 5.07. The Balaban J connectivity index is 1.92. The minimum atomic E-state index is -1.07. The number of aromatic amines is 1. The number of carboxylic acids is 1. The number of aryl methyl sites for hydroxylation is 1. The Bertz CT molecular complexity index is 987. The van der Waals surface area contributed by atoms with Crippen molar-refractivity contribution in [2.24, 2.45) is 0 Å². The van der Waals surface area contributed by atoms with Crippen molar-refractivity contribution in [1.29, 1.82) is 0 Å². The maximum atomic E-state index is 12.8. The van der Waals surface area contributed by atoms with Crippen molar-refractivity contribution in [3.8, 4) is 11.4 Å². The van der Waals surface area contributed by atoms with Crippen LogP contribution in [0, 0.1) is 6.92 Å². The van der Waals surface area contributed by atoms with Crippen molar-refractivity contribution < 1.29 is 19.1 Å². The smallest absolute Gasteiger partial charge is 0.311 e. The lowest BCUT2D eigenvalue weighted by Crippen LogP contribution is -2.16. The largest absolute Gasteiger partial charge is 0.481 e. The molecule has 140 valence electrons. The Morgan fingerprint density at radius 2 is 2.04 bits per heavy atom. The van der Waals surface area contributed by atoms with Crippen LogP contribution in [0.3, 0.4) is 0 Å². The van der Waals surface area contributed by atoms with Gasteiger partial charge in [0.05, 0.1) is 17.5 Å². The van der Waals surface area contributed by atoms with Crippen LogP contribution in [-0.4, -0.2) is 32.2 Å². The molecule has 0 bridgehead atoms. The average molecular weight is 368 g/mol. The number of nitrogens with one attached hydrogen (secondary N) is 2. The summed E-state index contributed by atoms with van der Waals surface area (Å²) in [6, 6.07) is 7.17. The number of rotatable bonds is 6. The number of hydrogen-bond acceptors (Lipinski definition) is 5. The summed E-state index contributed by atoms with van der Waals surface area (Å²) in [5.41, 5.74) is 1.99. The predicted octanol–water partition coefficient (Wildman–Crippen LogP) is 3.38. The van der Waals surface area contributed by atoms with Crippen LogP contribution in [0.2, 0.25) is 0 Å². The highest BCUT2D eigenvalue weighted by molar-refractivity contribution is 6.08. The molecule has 0 aliphatic heterocycles. The lowest BCUT2D eigenvalue weighted by molar-refractivity contribution is -0.136. The molecule has 0 saturated heterocycles. The normalized spacial score (nSPS) is 11.0. The molecule has 3 aromatic rings. The summed E-state index contributed by atoms with van der Waals surface area (Å²) >= 11 is 0. The summed E-state index contributed by atoms with van der Waals surface area (Å²) in [7, 11) is 0. The second-order valence-electron chi connectivity index (χ2n) is 6.49. The number of carbonyl (C=O) groups excluding carboxylic acids is 1. The van der Waals surface area contributed by atoms with Crippen molar-refractivity contribution in [3.63, 3.8) is 0 Å². The summed E-state index contributed by atoms with van der Waals surface area (Å²) < 4.78 is 5.24. The van der Waals surface area contributed by atoms with Crippen LogP contribution >= 0.6 is 0 Å². The monoisotopic (exact) mass is 368 g/mol. The number of carbonyl (C=O) groups is 2. The third kappa shape index (κ3) is 3.89. The number of carboxylic acid groups (broad SMARTS) is 1. The van der Waals surface area contributed by atoms with E-state index in [4.69, 9.17) is 9.52 Å². The zero-order valence-electron chi connectivity index (χ0n) is 15.2. The van der Waals surface area contributed by atoms with Gasteiger partial charge in [0, 0.05) is 17.0 Å². The number of anilines is 1. The maximum absolute atomic E-state index is 12.8. The van der Waals surface area contributed by atoms with Gasteiger partial charge in [-0.3, -0.25) is 14.7 Å². The van der Waals surface area contributed by atoms with Gasteiger partial charge in [-0.1, -0.05) is 26.0 Å². The lowest BCUT2D eigenvalue weighted by atomic mass is 10.1. The van der Waals surface area contributed by atoms with Crippen LogP contribution in [0.25, 0.3) is 11.4 Å². The molecule has 0 aliphatic carbocycles. The number of H-pyrrole nitrogens is 1. The predicted molar refractivity (Wildman–Crippen MR) is 98.6 cm³/mol. The van der Waals surface area contributed by atoms with Crippen molar-refractivity contribution in [3.05, 3.63) is 53.2 Å². The third-order valence-electron chi connectivity index (χ3n) is 4.06. The van der Waals surface area contributed by atoms with Gasteiger partial charge in [0.25, 0.3) is 5.91 Å². The van der Waals surface area contributed by atoms with Gasteiger partial charge >= 0.3 is 5.97 Å². The highest BCUT2D eigenvalue weighted by atomic mass is 16.4. The van der Waals surface area contributed by atoms with Gasteiger partial charge in [-0.2, -0.15) is 5.10 Å². The highest BCUT2D eigenvalue weighted by Crippen LogP contribution is 2.27. The standard InChI is InChI=1S/C19H20N4O4/c1-10(2)17-21-18(23-22-17)12-6-4-5-7-13(12)20-19(26)16-11(3)9-27-14(16)8-15(24)25/h4-7,9-10H,8H2,1-3H3,(H,20,26)(H,24,25)(H,21,22,23). The molecular weight excluding hydrogens is 348 g/mol. The summed E-state index contributed by atoms with van der Waals surface area (Å²) in [4.78, 5) is 28.2. The second-order valence-corrected chi connectivity index (χ2v) is 6.49. The molecule has 1 aromatic carbocycles. The van der Waals surface area contributed by atoms with Crippen LogP contribution in [0.4, 0.5) is 5.69 Å². The molecule has 0 atom stereocenters. The quantitative estimate of drug-likeness (QED) is 0.613. The van der Waals surface area contributed by atoms with E-state index < -0.39 is 11.9 Å². The maximum Gasteiger partial charge on any atom is 0.311 e. The van der Waals surface area contributed by atoms with E-state index in [0.29, 0.717) is 22.6 Å². The van der Waals surface area contributed by atoms with Crippen LogP contribution < -0.4 is 5.32 Å². The summed E-state index contributed by atoms with van der Waals surface area (Å²) in [5.74, 6) is 0.0327. The second kappa shape index (κ2) is 7.45. The fourth-order valence-corrected chi connectivity index (χ4v) is 2.70. The molecule has 1 amide bonds. The number of aromatic nitrogens is 3. The number of benzene rings is 1. The van der Waals surface area contributed by atoms with Crippen molar-refractivity contribution in [1.82, 2.24) is 15.2 Å². The topological polar surface area (TPSA) is 121 Å². The van der Waals surface area contributed by atoms with Crippen LogP contribution in [0.15, 0.2) is 34.9 Å². The summed E-state index contributed by atoms with van der Waals surface area (Å²) in [6.45, 7) is 5.70. The van der Waals surface area contributed by atoms with Gasteiger partial charge in [0.2, 0.25) is 0 Å². The zero-order valence-corrected chi connectivity index (χ0v) is 15.2. The highest BCUT2D eigenvalue weighted by Gasteiger charge is 2.22. The Morgan fingerprint density at radius 1 is 1.30 bits per heavy atom. The van der Waals surface area contributed by atoms with Gasteiger partial charge in [0.1, 0.15) is 18.0 Å². The average Bonchev–Trinajstić information content (AvgIpc) is 3.22. The first-order chi connectivity index (χ1) is 12.9. The van der Waals surface area contributed by atoms with E-state index in [-0.39, 0.29) is 23.7 Å². The molecular formula is C19H20N4O4. The fraction of sp³-hybridized carbons (Fsp3) is 0.263. The zero-order chi connectivity index (χ0) is 19.6. The first-order valence-electron chi connectivity index (χ1n) is 8.48. The number of furan rings is 1. The molecule has 3 rings (SSSR count). The van der Waals surface area contributed by atoms with Crippen LogP contribution in [0.5, 0.6) is 0 Å².